The van der Waals surface area contributed by atoms with Crippen LogP contribution in [0.5, 0.6) is 5.75 Å². The van der Waals surface area contributed by atoms with Crippen molar-refractivity contribution in [1.82, 2.24) is 25.6 Å². The molecule has 9 nitrogen and oxygen atoms in total. The first-order valence-electron chi connectivity index (χ1n) is 12.4. The first kappa shape index (κ1) is 25.1. The number of aromatic nitrogens is 3. The van der Waals surface area contributed by atoms with Gasteiger partial charge in [0.2, 0.25) is 5.91 Å². The van der Waals surface area contributed by atoms with E-state index in [1.165, 1.54) is 18.5 Å². The van der Waals surface area contributed by atoms with Gasteiger partial charge in [0.1, 0.15) is 41.9 Å². The second-order valence-electron chi connectivity index (χ2n) is 9.80. The van der Waals surface area contributed by atoms with Crippen molar-refractivity contribution in [2.24, 2.45) is 5.92 Å². The van der Waals surface area contributed by atoms with Crippen LogP contribution in [0.2, 0.25) is 0 Å². The maximum atomic E-state index is 14.6. The number of nitrogens with zero attached hydrogens (tertiary/aromatic N) is 2. The Kier molecular flexibility index (Phi) is 7.05. The van der Waals surface area contributed by atoms with E-state index in [1.807, 2.05) is 0 Å². The molecule has 196 valence electrons. The third kappa shape index (κ3) is 5.41. The molecule has 37 heavy (non-hydrogen) atoms. The standard InChI is InChI=1S/C26H29F2N5O4/c1-13-22(26(36)32-16-5-6-19(18(28)9-16)33-21(35)10-34)24-25(31-13)23(29-12-30-24)17-8-15(27)4-7-20(17)37-11-14-2-3-14/h4,7-8,12,14,16,18-19,31,34H,2-3,5-6,9-11H2,1H3,(H,32,36)(H,33,35)/t16-,18+,19+/m0/s1. The van der Waals surface area contributed by atoms with Crippen LogP contribution in [0.25, 0.3) is 22.3 Å². The molecule has 0 spiro atoms. The number of fused-ring (bicyclic) bond motifs is 1. The number of ether oxygens (including phenoxy) is 1. The molecule has 2 fully saturated rings. The van der Waals surface area contributed by atoms with Gasteiger partial charge in [-0.05, 0) is 56.7 Å². The molecular formula is C26H29F2N5O4. The summed E-state index contributed by atoms with van der Waals surface area (Å²) in [5.41, 5.74) is 2.59. The highest BCUT2D eigenvalue weighted by Gasteiger charge is 2.33. The Hall–Kier alpha value is -3.60. The maximum Gasteiger partial charge on any atom is 0.255 e. The zero-order valence-corrected chi connectivity index (χ0v) is 20.4. The van der Waals surface area contributed by atoms with Crippen LogP contribution in [-0.2, 0) is 4.79 Å². The van der Waals surface area contributed by atoms with Crippen LogP contribution in [0.3, 0.4) is 0 Å². The van der Waals surface area contributed by atoms with Gasteiger partial charge in [-0.2, -0.15) is 0 Å². The molecule has 5 rings (SSSR count). The Balaban J connectivity index is 1.38. The second kappa shape index (κ2) is 10.4. The van der Waals surface area contributed by atoms with Crippen molar-refractivity contribution in [3.8, 4) is 17.0 Å². The predicted octanol–water partition coefficient (Wildman–Crippen LogP) is 2.96. The molecule has 0 unspecified atom stereocenters. The van der Waals surface area contributed by atoms with Gasteiger partial charge in [0.25, 0.3) is 5.91 Å². The van der Waals surface area contributed by atoms with Crippen molar-refractivity contribution in [1.29, 1.82) is 0 Å². The fraction of sp³-hybridized carbons (Fsp3) is 0.462. The van der Waals surface area contributed by atoms with Crippen molar-refractivity contribution in [3.05, 3.63) is 41.6 Å². The van der Waals surface area contributed by atoms with E-state index in [-0.39, 0.29) is 6.42 Å². The number of amides is 2. The molecule has 0 radical (unpaired) electrons. The third-order valence-corrected chi connectivity index (χ3v) is 6.96. The number of carbonyl (C=O) groups excluding carboxylic acids is 2. The summed E-state index contributed by atoms with van der Waals surface area (Å²) >= 11 is 0. The lowest BCUT2D eigenvalue weighted by atomic mass is 9.89. The van der Waals surface area contributed by atoms with Gasteiger partial charge in [-0.3, -0.25) is 9.59 Å². The van der Waals surface area contributed by atoms with Crippen molar-refractivity contribution in [2.45, 2.75) is 57.3 Å². The molecule has 0 aliphatic heterocycles. The topological polar surface area (TPSA) is 129 Å². The number of H-pyrrole nitrogens is 1. The zero-order valence-electron chi connectivity index (χ0n) is 20.4. The first-order chi connectivity index (χ1) is 17.8. The van der Waals surface area contributed by atoms with Gasteiger partial charge in [0, 0.05) is 23.7 Å². The van der Waals surface area contributed by atoms with Crippen molar-refractivity contribution in [2.75, 3.05) is 13.2 Å². The molecular weight excluding hydrogens is 484 g/mol. The summed E-state index contributed by atoms with van der Waals surface area (Å²) in [6.45, 7) is 1.58. The Morgan fingerprint density at radius 2 is 2.00 bits per heavy atom. The number of halogens is 2. The minimum atomic E-state index is -1.35. The normalized spacial score (nSPS) is 21.6. The quantitative estimate of drug-likeness (QED) is 0.367. The Labute approximate surface area is 212 Å². The third-order valence-electron chi connectivity index (χ3n) is 6.96. The Morgan fingerprint density at radius 3 is 2.73 bits per heavy atom. The summed E-state index contributed by atoms with van der Waals surface area (Å²) in [5.74, 6) is -0.456. The molecule has 4 N–H and O–H groups in total. The molecule has 2 amide bonds. The lowest BCUT2D eigenvalue weighted by Gasteiger charge is -2.32. The number of aliphatic hydroxyl groups excluding tert-OH is 1. The molecule has 3 atom stereocenters. The van der Waals surface area contributed by atoms with Gasteiger partial charge in [-0.25, -0.2) is 18.7 Å². The van der Waals surface area contributed by atoms with Crippen LogP contribution >= 0.6 is 0 Å². The lowest BCUT2D eigenvalue weighted by molar-refractivity contribution is -0.125. The lowest BCUT2D eigenvalue weighted by Crippen LogP contribution is -2.50. The Bertz CT molecular complexity index is 1330. The predicted molar refractivity (Wildman–Crippen MR) is 131 cm³/mol. The second-order valence-corrected chi connectivity index (χ2v) is 9.80. The number of aryl methyl sites for hydroxylation is 1. The number of carbonyl (C=O) groups is 2. The molecule has 3 aromatic rings. The Morgan fingerprint density at radius 1 is 1.19 bits per heavy atom. The van der Waals surface area contributed by atoms with E-state index in [9.17, 15) is 18.4 Å². The van der Waals surface area contributed by atoms with E-state index in [1.54, 1.807) is 13.0 Å². The molecule has 1 aromatic carbocycles. The number of rotatable bonds is 8. The van der Waals surface area contributed by atoms with E-state index >= 15 is 0 Å². The highest BCUT2D eigenvalue weighted by atomic mass is 19.1. The van der Waals surface area contributed by atoms with Crippen LogP contribution in [0.1, 0.15) is 48.2 Å². The molecule has 2 saturated carbocycles. The summed E-state index contributed by atoms with van der Waals surface area (Å²) in [4.78, 5) is 36.5. The SMILES string of the molecule is Cc1[nH]c2c(-c3cc(F)ccc3OCC3CC3)ncnc2c1C(=O)N[C@H]1CC[C@@H](NC(=O)CO)[C@H](F)C1. The summed E-state index contributed by atoms with van der Waals surface area (Å²) in [7, 11) is 0. The van der Waals surface area contributed by atoms with Crippen molar-refractivity contribution in [3.63, 3.8) is 0 Å². The van der Waals surface area contributed by atoms with E-state index in [2.05, 4.69) is 25.6 Å². The van der Waals surface area contributed by atoms with Gasteiger partial charge < -0.3 is 25.5 Å². The minimum Gasteiger partial charge on any atom is -0.493 e. The molecule has 0 bridgehead atoms. The van der Waals surface area contributed by atoms with Gasteiger partial charge in [0.15, 0.2) is 0 Å². The molecule has 11 heteroatoms. The molecule has 2 heterocycles. The molecule has 2 aliphatic carbocycles. The number of nitrogens with one attached hydrogen (secondary N) is 3. The van der Waals surface area contributed by atoms with Crippen LogP contribution < -0.4 is 15.4 Å². The summed E-state index contributed by atoms with van der Waals surface area (Å²) in [6, 6.07) is 3.15. The number of benzene rings is 1. The minimum absolute atomic E-state index is 0.0364. The number of aliphatic hydroxyl groups is 1. The van der Waals surface area contributed by atoms with Gasteiger partial charge in [-0.15, -0.1) is 0 Å². The fourth-order valence-electron chi connectivity index (χ4n) is 4.83. The fourth-order valence-corrected chi connectivity index (χ4v) is 4.83. The molecule has 0 saturated heterocycles. The monoisotopic (exact) mass is 513 g/mol. The summed E-state index contributed by atoms with van der Waals surface area (Å²) < 4.78 is 34.8. The van der Waals surface area contributed by atoms with E-state index < -0.39 is 42.5 Å². The largest absolute Gasteiger partial charge is 0.493 e. The number of alkyl halides is 1. The molecule has 2 aromatic heterocycles. The van der Waals surface area contributed by atoms with Crippen LogP contribution in [-0.4, -0.2) is 63.3 Å². The van der Waals surface area contributed by atoms with Crippen LogP contribution in [0.4, 0.5) is 8.78 Å². The summed E-state index contributed by atoms with van der Waals surface area (Å²) in [5, 5.41) is 14.2. The van der Waals surface area contributed by atoms with Gasteiger partial charge in [0.05, 0.1) is 23.7 Å². The summed E-state index contributed by atoms with van der Waals surface area (Å²) in [6.07, 6.45) is 3.04. The van der Waals surface area contributed by atoms with E-state index in [0.717, 1.165) is 12.8 Å². The van der Waals surface area contributed by atoms with E-state index in [4.69, 9.17) is 9.84 Å². The van der Waals surface area contributed by atoms with E-state index in [0.29, 0.717) is 64.7 Å². The van der Waals surface area contributed by atoms with Crippen LogP contribution in [0.15, 0.2) is 24.5 Å². The van der Waals surface area contributed by atoms with Crippen molar-refractivity contribution >= 4 is 22.8 Å². The maximum absolute atomic E-state index is 14.6. The average molecular weight is 514 g/mol. The first-order valence-corrected chi connectivity index (χ1v) is 12.4. The number of hydrogen-bond acceptors (Lipinski definition) is 6. The van der Waals surface area contributed by atoms with Crippen LogP contribution in [0, 0.1) is 18.7 Å². The molecule has 2 aliphatic rings. The number of aromatic amines is 1. The average Bonchev–Trinajstić information content (AvgIpc) is 3.64. The van der Waals surface area contributed by atoms with Crippen molar-refractivity contribution < 1.29 is 28.2 Å². The number of hydrogen-bond donors (Lipinski definition) is 4. The smallest absolute Gasteiger partial charge is 0.255 e. The van der Waals surface area contributed by atoms with Gasteiger partial charge >= 0.3 is 0 Å². The highest BCUT2D eigenvalue weighted by Crippen LogP contribution is 2.37. The van der Waals surface area contributed by atoms with Gasteiger partial charge in [-0.1, -0.05) is 0 Å². The zero-order chi connectivity index (χ0) is 26.1. The highest BCUT2D eigenvalue weighted by molar-refractivity contribution is 6.09.